The number of rotatable bonds is 9. The molecule has 172 valence electrons. The van der Waals surface area contributed by atoms with Gasteiger partial charge in [0.25, 0.3) is 5.91 Å². The Labute approximate surface area is 188 Å². The first-order chi connectivity index (χ1) is 15.3. The van der Waals surface area contributed by atoms with Crippen LogP contribution < -0.4 is 4.74 Å². The summed E-state index contributed by atoms with van der Waals surface area (Å²) in [4.78, 5) is 26.3. The average Bonchev–Trinajstić information content (AvgIpc) is 3.35. The van der Waals surface area contributed by atoms with E-state index in [4.69, 9.17) is 9.47 Å². The lowest BCUT2D eigenvalue weighted by Crippen LogP contribution is -2.31. The number of sulfonamides is 1. The number of benzene rings is 2. The Balaban J connectivity index is 1.56. The molecular formula is C23H28N2O6S. The summed E-state index contributed by atoms with van der Waals surface area (Å²) in [5, 5.41) is 0. The third-order valence-corrected chi connectivity index (χ3v) is 7.07. The van der Waals surface area contributed by atoms with Crippen molar-refractivity contribution < 1.29 is 27.5 Å². The summed E-state index contributed by atoms with van der Waals surface area (Å²) < 4.78 is 37.3. The lowest BCUT2D eigenvalue weighted by Gasteiger charge is -2.18. The molecule has 2 aromatic carbocycles. The van der Waals surface area contributed by atoms with Crippen LogP contribution in [0.3, 0.4) is 0 Å². The van der Waals surface area contributed by atoms with E-state index in [1.807, 2.05) is 31.2 Å². The Morgan fingerprint density at radius 2 is 1.75 bits per heavy atom. The highest BCUT2D eigenvalue weighted by Gasteiger charge is 2.27. The van der Waals surface area contributed by atoms with E-state index in [0.29, 0.717) is 26.2 Å². The topological polar surface area (TPSA) is 93.2 Å². The van der Waals surface area contributed by atoms with Crippen LogP contribution in [0.4, 0.5) is 0 Å². The maximum absolute atomic E-state index is 12.7. The van der Waals surface area contributed by atoms with Gasteiger partial charge in [0.1, 0.15) is 5.75 Å². The van der Waals surface area contributed by atoms with Gasteiger partial charge in [0, 0.05) is 26.7 Å². The number of amides is 1. The Kier molecular flexibility index (Phi) is 7.87. The molecule has 0 aromatic heterocycles. The van der Waals surface area contributed by atoms with E-state index in [2.05, 4.69) is 0 Å². The molecule has 8 nitrogen and oxygen atoms in total. The molecule has 0 saturated carbocycles. The molecule has 0 radical (unpaired) electrons. The minimum Gasteiger partial charge on any atom is -0.494 e. The lowest BCUT2D eigenvalue weighted by molar-refractivity contribution is -0.133. The fourth-order valence-corrected chi connectivity index (χ4v) is 4.97. The van der Waals surface area contributed by atoms with Gasteiger partial charge in [-0.2, -0.15) is 4.31 Å². The molecule has 3 rings (SSSR count). The number of carbonyl (C=O) groups excluding carboxylic acids is 2. The van der Waals surface area contributed by atoms with E-state index in [0.717, 1.165) is 24.2 Å². The SMILES string of the molecule is CCOc1ccc(CN(C)C(=O)COC(=O)c2cccc(S(=O)(=O)N3CCCC3)c2)cc1. The van der Waals surface area contributed by atoms with Gasteiger partial charge in [0.15, 0.2) is 6.61 Å². The van der Waals surface area contributed by atoms with Gasteiger partial charge in [-0.3, -0.25) is 4.79 Å². The summed E-state index contributed by atoms with van der Waals surface area (Å²) >= 11 is 0. The summed E-state index contributed by atoms with van der Waals surface area (Å²) in [5.41, 5.74) is 1.00. The molecule has 0 bridgehead atoms. The van der Waals surface area contributed by atoms with Crippen LogP contribution in [0.15, 0.2) is 53.4 Å². The molecule has 1 amide bonds. The molecule has 0 aliphatic carbocycles. The molecular weight excluding hydrogens is 432 g/mol. The Bertz CT molecular complexity index is 1050. The first-order valence-electron chi connectivity index (χ1n) is 10.5. The van der Waals surface area contributed by atoms with Crippen molar-refractivity contribution in [3.63, 3.8) is 0 Å². The van der Waals surface area contributed by atoms with E-state index >= 15 is 0 Å². The van der Waals surface area contributed by atoms with Gasteiger partial charge >= 0.3 is 5.97 Å². The Hall–Kier alpha value is -2.91. The van der Waals surface area contributed by atoms with Gasteiger partial charge in [-0.25, -0.2) is 13.2 Å². The van der Waals surface area contributed by atoms with Crippen LogP contribution in [0.2, 0.25) is 0 Å². The minimum absolute atomic E-state index is 0.0489. The quantitative estimate of drug-likeness (QED) is 0.534. The van der Waals surface area contributed by atoms with Gasteiger partial charge in [-0.15, -0.1) is 0 Å². The fraction of sp³-hybridized carbons (Fsp3) is 0.391. The summed E-state index contributed by atoms with van der Waals surface area (Å²) in [6.07, 6.45) is 1.65. The normalized spacial score (nSPS) is 14.2. The molecule has 0 spiro atoms. The zero-order valence-electron chi connectivity index (χ0n) is 18.3. The first kappa shape index (κ1) is 23.7. The average molecular weight is 461 g/mol. The van der Waals surface area contributed by atoms with Gasteiger partial charge in [-0.05, 0) is 55.7 Å². The zero-order chi connectivity index (χ0) is 23.1. The van der Waals surface area contributed by atoms with Crippen LogP contribution in [0.25, 0.3) is 0 Å². The van der Waals surface area contributed by atoms with Gasteiger partial charge < -0.3 is 14.4 Å². The standard InChI is InChI=1S/C23H28N2O6S/c1-3-30-20-11-9-18(10-12-20)16-24(2)22(26)17-31-23(27)19-7-6-8-21(15-19)32(28,29)25-13-4-5-14-25/h6-12,15H,3-5,13-14,16-17H2,1-2H3. The van der Waals surface area contributed by atoms with Crippen molar-refractivity contribution in [1.29, 1.82) is 0 Å². The second kappa shape index (κ2) is 10.6. The number of hydrogen-bond donors (Lipinski definition) is 0. The van der Waals surface area contributed by atoms with Crippen molar-refractivity contribution in [3.8, 4) is 5.75 Å². The van der Waals surface area contributed by atoms with Crippen molar-refractivity contribution in [2.24, 2.45) is 0 Å². The molecule has 0 N–H and O–H groups in total. The number of ether oxygens (including phenoxy) is 2. The third kappa shape index (κ3) is 5.86. The molecule has 1 aliphatic heterocycles. The van der Waals surface area contributed by atoms with Crippen molar-refractivity contribution >= 4 is 21.9 Å². The molecule has 2 aromatic rings. The molecule has 1 saturated heterocycles. The van der Waals surface area contributed by atoms with Crippen LogP contribution in [-0.2, 0) is 26.1 Å². The number of nitrogens with zero attached hydrogens (tertiary/aromatic N) is 2. The predicted octanol–water partition coefficient (Wildman–Crippen LogP) is 2.69. The molecule has 1 aliphatic rings. The van der Waals surface area contributed by atoms with Crippen molar-refractivity contribution in [1.82, 2.24) is 9.21 Å². The van der Waals surface area contributed by atoms with Crippen LogP contribution >= 0.6 is 0 Å². The van der Waals surface area contributed by atoms with E-state index in [9.17, 15) is 18.0 Å². The molecule has 1 heterocycles. The van der Waals surface area contributed by atoms with Crippen LogP contribution in [0, 0.1) is 0 Å². The molecule has 0 unspecified atom stereocenters. The smallest absolute Gasteiger partial charge is 0.338 e. The van der Waals surface area contributed by atoms with Crippen LogP contribution in [0.5, 0.6) is 5.75 Å². The Morgan fingerprint density at radius 3 is 2.41 bits per heavy atom. The first-order valence-corrected chi connectivity index (χ1v) is 12.0. The summed E-state index contributed by atoms with van der Waals surface area (Å²) in [6.45, 7) is 3.36. The number of esters is 1. The lowest BCUT2D eigenvalue weighted by atomic mass is 10.2. The summed E-state index contributed by atoms with van der Waals surface area (Å²) in [7, 11) is -2.02. The molecule has 9 heteroatoms. The van der Waals surface area contributed by atoms with Crippen molar-refractivity contribution in [2.45, 2.75) is 31.2 Å². The monoisotopic (exact) mass is 460 g/mol. The fourth-order valence-electron chi connectivity index (χ4n) is 3.40. The van der Waals surface area contributed by atoms with Crippen LogP contribution in [-0.4, -0.2) is 62.9 Å². The maximum atomic E-state index is 12.7. The van der Waals surface area contributed by atoms with Gasteiger partial charge in [0.05, 0.1) is 17.1 Å². The van der Waals surface area contributed by atoms with E-state index in [1.165, 1.54) is 33.5 Å². The van der Waals surface area contributed by atoms with Crippen molar-refractivity contribution in [3.05, 3.63) is 59.7 Å². The highest BCUT2D eigenvalue weighted by molar-refractivity contribution is 7.89. The van der Waals surface area contributed by atoms with Gasteiger partial charge in [-0.1, -0.05) is 18.2 Å². The number of hydrogen-bond acceptors (Lipinski definition) is 6. The maximum Gasteiger partial charge on any atom is 0.338 e. The van der Waals surface area contributed by atoms with E-state index < -0.39 is 22.6 Å². The van der Waals surface area contributed by atoms with E-state index in [1.54, 1.807) is 7.05 Å². The highest BCUT2D eigenvalue weighted by Crippen LogP contribution is 2.22. The largest absolute Gasteiger partial charge is 0.494 e. The van der Waals surface area contributed by atoms with E-state index in [-0.39, 0.29) is 16.4 Å². The molecule has 0 atom stereocenters. The second-order valence-corrected chi connectivity index (χ2v) is 9.48. The Morgan fingerprint density at radius 1 is 1.06 bits per heavy atom. The summed E-state index contributed by atoms with van der Waals surface area (Å²) in [6, 6.07) is 13.1. The predicted molar refractivity (Wildman–Crippen MR) is 119 cm³/mol. The zero-order valence-corrected chi connectivity index (χ0v) is 19.1. The molecule has 32 heavy (non-hydrogen) atoms. The number of likely N-dealkylation sites (N-methyl/N-ethyl adjacent to an activating group) is 1. The minimum atomic E-state index is -3.64. The highest BCUT2D eigenvalue weighted by atomic mass is 32.2. The summed E-state index contributed by atoms with van der Waals surface area (Å²) in [5.74, 6) is -0.354. The van der Waals surface area contributed by atoms with Crippen LogP contribution in [0.1, 0.15) is 35.7 Å². The van der Waals surface area contributed by atoms with Gasteiger partial charge in [0.2, 0.25) is 10.0 Å². The second-order valence-electron chi connectivity index (χ2n) is 7.54. The number of carbonyl (C=O) groups is 2. The third-order valence-electron chi connectivity index (χ3n) is 5.18. The molecule has 1 fully saturated rings. The van der Waals surface area contributed by atoms with Crippen molar-refractivity contribution in [2.75, 3.05) is 33.4 Å².